The molecule has 1 heterocycles. The summed E-state index contributed by atoms with van der Waals surface area (Å²) < 4.78 is 17.8. The van der Waals surface area contributed by atoms with Crippen molar-refractivity contribution in [1.82, 2.24) is 0 Å². The monoisotopic (exact) mass is 220 g/mol. The van der Waals surface area contributed by atoms with Crippen molar-refractivity contribution >= 4 is 0 Å². The Kier molecular flexibility index (Phi) is 3.06. The third-order valence-corrected chi connectivity index (χ3v) is 2.58. The van der Waals surface area contributed by atoms with Gasteiger partial charge in [-0.25, -0.2) is 4.39 Å². The number of alkyl halides is 1. The van der Waals surface area contributed by atoms with Gasteiger partial charge in [0.05, 0.1) is 6.61 Å². The maximum absolute atomic E-state index is 12.3. The lowest BCUT2D eigenvalue weighted by molar-refractivity contribution is 0.279. The van der Waals surface area contributed by atoms with Crippen molar-refractivity contribution in [1.29, 1.82) is 0 Å². The van der Waals surface area contributed by atoms with Gasteiger partial charge in [-0.2, -0.15) is 0 Å². The third-order valence-electron chi connectivity index (χ3n) is 2.58. The lowest BCUT2D eigenvalue weighted by atomic mass is 10.1. The van der Waals surface area contributed by atoms with Crippen molar-refractivity contribution in [2.45, 2.75) is 20.2 Å². The maximum atomic E-state index is 12.3. The molecule has 2 aromatic rings. The molecule has 3 heteroatoms. The topological polar surface area (TPSA) is 33.4 Å². The Hall–Kier alpha value is -1.61. The molecule has 0 saturated heterocycles. The summed E-state index contributed by atoms with van der Waals surface area (Å²) in [7, 11) is 0. The number of rotatable bonds is 3. The maximum Gasteiger partial charge on any atom is 0.134 e. The molecule has 0 fully saturated rings. The fraction of sp³-hybridized carbons (Fsp3) is 0.231. The van der Waals surface area contributed by atoms with Crippen LogP contribution in [0, 0.1) is 6.92 Å². The Morgan fingerprint density at radius 3 is 2.44 bits per heavy atom. The molecule has 0 unspecified atom stereocenters. The van der Waals surface area contributed by atoms with Crippen LogP contribution in [0.2, 0.25) is 0 Å². The van der Waals surface area contributed by atoms with Crippen LogP contribution in [-0.2, 0) is 13.3 Å². The standard InChI is InChI=1S/C13H13FO2/c1-9-12(8-15)6-13(16-9)11-4-2-10(7-14)3-5-11/h2-6,15H,7-8H2,1H3. The second-order valence-corrected chi connectivity index (χ2v) is 3.68. The highest BCUT2D eigenvalue weighted by atomic mass is 19.1. The van der Waals surface area contributed by atoms with Gasteiger partial charge < -0.3 is 9.52 Å². The van der Waals surface area contributed by atoms with Crippen LogP contribution in [0.15, 0.2) is 34.7 Å². The minimum Gasteiger partial charge on any atom is -0.461 e. The summed E-state index contributed by atoms with van der Waals surface area (Å²) in [6, 6.07) is 8.89. The van der Waals surface area contributed by atoms with E-state index in [0.717, 1.165) is 11.1 Å². The molecule has 0 bridgehead atoms. The van der Waals surface area contributed by atoms with E-state index in [1.54, 1.807) is 18.2 Å². The number of benzene rings is 1. The average molecular weight is 220 g/mol. The van der Waals surface area contributed by atoms with Crippen LogP contribution in [-0.4, -0.2) is 5.11 Å². The summed E-state index contributed by atoms with van der Waals surface area (Å²) in [5.41, 5.74) is 2.32. The first-order valence-corrected chi connectivity index (χ1v) is 5.10. The van der Waals surface area contributed by atoms with Crippen LogP contribution >= 0.6 is 0 Å². The van der Waals surface area contributed by atoms with Crippen LogP contribution in [0.5, 0.6) is 0 Å². The molecule has 16 heavy (non-hydrogen) atoms. The molecule has 2 nitrogen and oxygen atoms in total. The highest BCUT2D eigenvalue weighted by Crippen LogP contribution is 2.25. The van der Waals surface area contributed by atoms with Crippen molar-refractivity contribution in [3.63, 3.8) is 0 Å². The van der Waals surface area contributed by atoms with E-state index in [2.05, 4.69) is 0 Å². The molecule has 2 rings (SSSR count). The van der Waals surface area contributed by atoms with Gasteiger partial charge in [0.1, 0.15) is 18.2 Å². The van der Waals surface area contributed by atoms with Crippen molar-refractivity contribution in [3.05, 3.63) is 47.2 Å². The number of aryl methyl sites for hydroxylation is 1. The molecule has 1 aromatic carbocycles. The van der Waals surface area contributed by atoms with Gasteiger partial charge in [-0.15, -0.1) is 0 Å². The molecule has 0 atom stereocenters. The first kappa shape index (κ1) is 10.9. The summed E-state index contributed by atoms with van der Waals surface area (Å²) in [5.74, 6) is 1.42. The van der Waals surface area contributed by atoms with Crippen molar-refractivity contribution < 1.29 is 13.9 Å². The van der Waals surface area contributed by atoms with E-state index < -0.39 is 6.67 Å². The van der Waals surface area contributed by atoms with Gasteiger partial charge in [0.25, 0.3) is 0 Å². The zero-order chi connectivity index (χ0) is 11.5. The molecule has 0 aliphatic rings. The molecular weight excluding hydrogens is 207 g/mol. The van der Waals surface area contributed by atoms with Gasteiger partial charge in [-0.1, -0.05) is 24.3 Å². The van der Waals surface area contributed by atoms with Crippen molar-refractivity contribution in [3.8, 4) is 11.3 Å². The first-order chi connectivity index (χ1) is 7.74. The van der Waals surface area contributed by atoms with Crippen LogP contribution in [0.3, 0.4) is 0 Å². The molecule has 0 aliphatic heterocycles. The smallest absolute Gasteiger partial charge is 0.134 e. The molecule has 1 aromatic heterocycles. The predicted octanol–water partition coefficient (Wildman–Crippen LogP) is 3.22. The molecule has 1 N–H and O–H groups in total. The molecule has 0 saturated carbocycles. The largest absolute Gasteiger partial charge is 0.461 e. The number of aliphatic hydroxyl groups is 1. The third kappa shape index (κ3) is 1.99. The van der Waals surface area contributed by atoms with Gasteiger partial charge >= 0.3 is 0 Å². The molecule has 0 spiro atoms. The summed E-state index contributed by atoms with van der Waals surface area (Å²) >= 11 is 0. The Bertz CT molecular complexity index is 471. The average Bonchev–Trinajstić information content (AvgIpc) is 2.71. The Balaban J connectivity index is 2.34. The fourth-order valence-electron chi connectivity index (χ4n) is 1.58. The van der Waals surface area contributed by atoms with Crippen LogP contribution in [0.25, 0.3) is 11.3 Å². The summed E-state index contributed by atoms with van der Waals surface area (Å²) in [6.07, 6.45) is 0. The lowest BCUT2D eigenvalue weighted by Gasteiger charge is -1.97. The van der Waals surface area contributed by atoms with Gasteiger partial charge in [0.2, 0.25) is 0 Å². The van der Waals surface area contributed by atoms with Crippen molar-refractivity contribution in [2.24, 2.45) is 0 Å². The van der Waals surface area contributed by atoms with E-state index in [1.807, 2.05) is 19.1 Å². The van der Waals surface area contributed by atoms with E-state index >= 15 is 0 Å². The van der Waals surface area contributed by atoms with Crippen molar-refractivity contribution in [2.75, 3.05) is 0 Å². The minimum atomic E-state index is -0.459. The highest BCUT2D eigenvalue weighted by Gasteiger charge is 2.08. The summed E-state index contributed by atoms with van der Waals surface area (Å²) in [4.78, 5) is 0. The zero-order valence-electron chi connectivity index (χ0n) is 9.03. The molecular formula is C13H13FO2. The van der Waals surface area contributed by atoms with E-state index in [4.69, 9.17) is 9.52 Å². The Morgan fingerprint density at radius 2 is 1.94 bits per heavy atom. The van der Waals surface area contributed by atoms with Gasteiger partial charge in [-0.05, 0) is 18.6 Å². The Labute approximate surface area is 93.3 Å². The normalized spacial score (nSPS) is 10.7. The number of hydrogen-bond acceptors (Lipinski definition) is 2. The summed E-state index contributed by atoms with van der Waals surface area (Å²) in [5, 5.41) is 9.05. The predicted molar refractivity (Wildman–Crippen MR) is 59.6 cm³/mol. The molecule has 84 valence electrons. The van der Waals surface area contributed by atoms with Crippen LogP contribution in [0.4, 0.5) is 4.39 Å². The van der Waals surface area contributed by atoms with Crippen LogP contribution in [0.1, 0.15) is 16.9 Å². The SMILES string of the molecule is Cc1oc(-c2ccc(CF)cc2)cc1CO. The molecule has 0 radical (unpaired) electrons. The van der Waals surface area contributed by atoms with E-state index in [1.165, 1.54) is 0 Å². The van der Waals surface area contributed by atoms with E-state index in [0.29, 0.717) is 17.1 Å². The lowest BCUT2D eigenvalue weighted by Crippen LogP contribution is -1.80. The highest BCUT2D eigenvalue weighted by molar-refractivity contribution is 5.59. The van der Waals surface area contributed by atoms with Gasteiger partial charge in [0.15, 0.2) is 0 Å². The minimum absolute atomic E-state index is 0.0299. The number of furan rings is 1. The zero-order valence-corrected chi connectivity index (χ0v) is 9.03. The fourth-order valence-corrected chi connectivity index (χ4v) is 1.58. The van der Waals surface area contributed by atoms with Crippen LogP contribution < -0.4 is 0 Å². The molecule has 0 amide bonds. The van der Waals surface area contributed by atoms with E-state index in [-0.39, 0.29) is 6.61 Å². The summed E-state index contributed by atoms with van der Waals surface area (Å²) in [6.45, 7) is 1.32. The quantitative estimate of drug-likeness (QED) is 0.861. The second kappa shape index (κ2) is 4.49. The number of halogens is 1. The number of aliphatic hydroxyl groups excluding tert-OH is 1. The first-order valence-electron chi connectivity index (χ1n) is 5.10. The molecule has 0 aliphatic carbocycles. The second-order valence-electron chi connectivity index (χ2n) is 3.68. The number of hydrogen-bond donors (Lipinski definition) is 1. The van der Waals surface area contributed by atoms with Gasteiger partial charge in [0, 0.05) is 11.1 Å². The Morgan fingerprint density at radius 1 is 1.25 bits per heavy atom. The van der Waals surface area contributed by atoms with Gasteiger partial charge in [-0.3, -0.25) is 0 Å². The van der Waals surface area contributed by atoms with E-state index in [9.17, 15) is 4.39 Å².